The Kier molecular flexibility index (Phi) is 5.69. The summed E-state index contributed by atoms with van der Waals surface area (Å²) in [5.41, 5.74) is 5.55. The molecule has 31 heavy (non-hydrogen) atoms. The Morgan fingerprint density at radius 1 is 0.839 bits per heavy atom. The fourth-order valence-corrected chi connectivity index (χ4v) is 5.27. The van der Waals surface area contributed by atoms with Crippen LogP contribution in [0.3, 0.4) is 0 Å². The number of hydrogen-bond acceptors (Lipinski definition) is 3. The van der Waals surface area contributed by atoms with Crippen molar-refractivity contribution >= 4 is 0 Å². The fourth-order valence-electron chi connectivity index (χ4n) is 5.27. The first-order valence-electron chi connectivity index (χ1n) is 11.4. The van der Waals surface area contributed by atoms with Crippen molar-refractivity contribution in [3.8, 4) is 11.5 Å². The van der Waals surface area contributed by atoms with E-state index in [-0.39, 0.29) is 6.10 Å². The van der Waals surface area contributed by atoms with Crippen molar-refractivity contribution in [2.75, 3.05) is 20.2 Å². The molecule has 1 heterocycles. The zero-order valence-corrected chi connectivity index (χ0v) is 18.5. The molecule has 0 radical (unpaired) electrons. The monoisotopic (exact) mass is 413 g/mol. The molecule has 5 rings (SSSR count). The summed E-state index contributed by atoms with van der Waals surface area (Å²) in [6.07, 6.45) is 2.11. The summed E-state index contributed by atoms with van der Waals surface area (Å²) in [6.45, 7) is 5.59. The number of methoxy groups -OCH3 is 1. The van der Waals surface area contributed by atoms with Crippen LogP contribution in [0.25, 0.3) is 0 Å². The quantitative estimate of drug-likeness (QED) is 0.534. The number of likely N-dealkylation sites (tertiary alicyclic amines) is 1. The molecule has 1 aliphatic carbocycles. The Morgan fingerprint density at radius 2 is 1.55 bits per heavy atom. The summed E-state index contributed by atoms with van der Waals surface area (Å²) in [6, 6.07) is 26.0. The molecule has 1 saturated heterocycles. The van der Waals surface area contributed by atoms with Gasteiger partial charge in [-0.05, 0) is 40.3 Å². The summed E-state index contributed by atoms with van der Waals surface area (Å²) < 4.78 is 12.1. The van der Waals surface area contributed by atoms with Crippen molar-refractivity contribution in [1.82, 2.24) is 4.90 Å². The van der Waals surface area contributed by atoms with E-state index in [1.807, 2.05) is 0 Å². The molecule has 1 aliphatic heterocycles. The predicted octanol–water partition coefficient (Wildman–Crippen LogP) is 5.48. The molecule has 3 heteroatoms. The van der Waals surface area contributed by atoms with Crippen LogP contribution in [0.5, 0.6) is 11.5 Å². The first-order valence-corrected chi connectivity index (χ1v) is 11.4. The lowest BCUT2D eigenvalue weighted by Gasteiger charge is -2.20. The van der Waals surface area contributed by atoms with Gasteiger partial charge < -0.3 is 9.47 Å². The zero-order chi connectivity index (χ0) is 21.2. The molecule has 2 aliphatic rings. The molecule has 1 fully saturated rings. The van der Waals surface area contributed by atoms with Crippen LogP contribution >= 0.6 is 0 Å². The number of fused-ring (bicyclic) bond motifs is 1. The van der Waals surface area contributed by atoms with E-state index < -0.39 is 0 Å². The van der Waals surface area contributed by atoms with Crippen LogP contribution in [0, 0.1) is 5.92 Å². The Bertz CT molecular complexity index is 1010. The minimum atomic E-state index is 0.178. The highest BCUT2D eigenvalue weighted by Gasteiger charge is 2.31. The highest BCUT2D eigenvalue weighted by Crippen LogP contribution is 2.39. The highest BCUT2D eigenvalue weighted by molar-refractivity contribution is 5.45. The van der Waals surface area contributed by atoms with Gasteiger partial charge in [0.2, 0.25) is 0 Å². The number of benzene rings is 3. The molecular weight excluding hydrogens is 382 g/mol. The van der Waals surface area contributed by atoms with Crippen molar-refractivity contribution < 1.29 is 9.47 Å². The number of rotatable bonds is 6. The molecule has 3 aromatic rings. The van der Waals surface area contributed by atoms with Gasteiger partial charge in [0.1, 0.15) is 6.10 Å². The summed E-state index contributed by atoms with van der Waals surface area (Å²) in [5.74, 6) is 2.83. The Morgan fingerprint density at radius 3 is 2.26 bits per heavy atom. The molecule has 0 spiro atoms. The van der Waals surface area contributed by atoms with Crippen LogP contribution in [-0.4, -0.2) is 31.2 Å². The van der Waals surface area contributed by atoms with Gasteiger partial charge in [0.25, 0.3) is 0 Å². The van der Waals surface area contributed by atoms with Crippen LogP contribution < -0.4 is 9.47 Å². The second kappa shape index (κ2) is 8.76. The third-order valence-electron chi connectivity index (χ3n) is 6.86. The minimum Gasteiger partial charge on any atom is -0.493 e. The van der Waals surface area contributed by atoms with Crippen molar-refractivity contribution in [2.45, 2.75) is 38.3 Å². The van der Waals surface area contributed by atoms with E-state index >= 15 is 0 Å². The molecule has 160 valence electrons. The van der Waals surface area contributed by atoms with Crippen LogP contribution in [0.1, 0.15) is 35.1 Å². The molecular formula is C28H31NO2. The second-order valence-corrected chi connectivity index (χ2v) is 9.09. The number of hydrogen-bond donors (Lipinski definition) is 0. The van der Waals surface area contributed by atoms with E-state index in [0.29, 0.717) is 11.8 Å². The molecule has 0 N–H and O–H groups in total. The van der Waals surface area contributed by atoms with Gasteiger partial charge in [-0.1, -0.05) is 67.6 Å². The topological polar surface area (TPSA) is 21.7 Å². The fraction of sp³-hybridized carbons (Fsp3) is 0.357. The first kappa shape index (κ1) is 20.1. The van der Waals surface area contributed by atoms with Crippen LogP contribution in [0.2, 0.25) is 0 Å². The first-order chi connectivity index (χ1) is 15.2. The molecule has 1 unspecified atom stereocenters. The van der Waals surface area contributed by atoms with E-state index in [0.717, 1.165) is 44.0 Å². The summed E-state index contributed by atoms with van der Waals surface area (Å²) in [7, 11) is 1.73. The van der Waals surface area contributed by atoms with Crippen molar-refractivity contribution in [2.24, 2.45) is 5.92 Å². The van der Waals surface area contributed by atoms with Crippen molar-refractivity contribution in [1.29, 1.82) is 0 Å². The lowest BCUT2D eigenvalue weighted by Crippen LogP contribution is -2.20. The lowest BCUT2D eigenvalue weighted by molar-refractivity contribution is 0.204. The van der Waals surface area contributed by atoms with Gasteiger partial charge in [0.05, 0.1) is 7.11 Å². The summed E-state index contributed by atoms with van der Waals surface area (Å²) in [5, 5.41) is 0. The maximum atomic E-state index is 6.50. The van der Waals surface area contributed by atoms with Gasteiger partial charge in [0, 0.05) is 38.4 Å². The van der Waals surface area contributed by atoms with Gasteiger partial charge in [0.15, 0.2) is 11.5 Å². The molecule has 0 bridgehead atoms. The zero-order valence-electron chi connectivity index (χ0n) is 18.5. The minimum absolute atomic E-state index is 0.178. The Labute approximate surface area is 185 Å². The smallest absolute Gasteiger partial charge is 0.161 e. The van der Waals surface area contributed by atoms with Gasteiger partial charge in [-0.15, -0.1) is 0 Å². The van der Waals surface area contributed by atoms with E-state index in [1.165, 1.54) is 22.3 Å². The van der Waals surface area contributed by atoms with Crippen LogP contribution in [-0.2, 0) is 19.4 Å². The van der Waals surface area contributed by atoms with Crippen molar-refractivity contribution in [3.05, 3.63) is 95.1 Å². The Hall–Kier alpha value is -2.78. The second-order valence-electron chi connectivity index (χ2n) is 9.09. The van der Waals surface area contributed by atoms with E-state index in [1.54, 1.807) is 7.11 Å². The van der Waals surface area contributed by atoms with Crippen LogP contribution in [0.15, 0.2) is 72.8 Å². The highest BCUT2D eigenvalue weighted by atomic mass is 16.5. The summed E-state index contributed by atoms with van der Waals surface area (Å²) in [4.78, 5) is 2.57. The normalized spacial score (nSPS) is 21.2. The van der Waals surface area contributed by atoms with Crippen LogP contribution in [0.4, 0.5) is 0 Å². The molecule has 3 aromatic carbocycles. The van der Waals surface area contributed by atoms with E-state index in [2.05, 4.69) is 84.6 Å². The SMILES string of the molecule is COc1ccc(C2CN(Cc3ccccc3)C[C@@H]2C)cc1OC1Cc2ccccc2C1. The predicted molar refractivity (Wildman–Crippen MR) is 125 cm³/mol. The molecule has 0 aromatic heterocycles. The number of nitrogens with zero attached hydrogens (tertiary/aromatic N) is 1. The van der Waals surface area contributed by atoms with Gasteiger partial charge >= 0.3 is 0 Å². The maximum absolute atomic E-state index is 6.50. The van der Waals surface area contributed by atoms with E-state index in [9.17, 15) is 0 Å². The van der Waals surface area contributed by atoms with Gasteiger partial charge in [-0.2, -0.15) is 0 Å². The third-order valence-corrected chi connectivity index (χ3v) is 6.86. The van der Waals surface area contributed by atoms with Gasteiger partial charge in [-0.3, -0.25) is 4.90 Å². The van der Waals surface area contributed by atoms with Crippen molar-refractivity contribution in [3.63, 3.8) is 0 Å². The Balaban J connectivity index is 1.31. The average Bonchev–Trinajstić information content (AvgIpc) is 3.36. The number of ether oxygens (including phenoxy) is 2. The maximum Gasteiger partial charge on any atom is 0.161 e. The molecule has 0 saturated carbocycles. The average molecular weight is 414 g/mol. The molecule has 2 atom stereocenters. The largest absolute Gasteiger partial charge is 0.493 e. The summed E-state index contributed by atoms with van der Waals surface area (Å²) >= 11 is 0. The van der Waals surface area contributed by atoms with E-state index in [4.69, 9.17) is 9.47 Å². The molecule has 0 amide bonds. The lowest BCUT2D eigenvalue weighted by atomic mass is 9.90. The third kappa shape index (κ3) is 4.33. The standard InChI is InChI=1S/C28H31NO2/c1-20-17-29(18-21-8-4-3-5-9-21)19-26(20)24-12-13-27(30-2)28(16-24)31-25-14-22-10-6-7-11-23(22)15-25/h3-13,16,20,25-26H,14-15,17-19H2,1-2H3/t20-,26?/m0/s1. The van der Waals surface area contributed by atoms with Gasteiger partial charge in [-0.25, -0.2) is 0 Å². The molecule has 3 nitrogen and oxygen atoms in total.